The van der Waals surface area contributed by atoms with Gasteiger partial charge in [-0.2, -0.15) is 0 Å². The largest absolute Gasteiger partial charge is 0.341 e. The van der Waals surface area contributed by atoms with Gasteiger partial charge in [-0.25, -0.2) is 0 Å². The Morgan fingerprint density at radius 3 is 2.68 bits per heavy atom. The lowest BCUT2D eigenvalue weighted by atomic mass is 9.74. The van der Waals surface area contributed by atoms with Crippen LogP contribution in [0, 0.1) is 0 Å². The van der Waals surface area contributed by atoms with Gasteiger partial charge in [-0.15, -0.1) is 0 Å². The Balaban J connectivity index is 1.48. The van der Waals surface area contributed by atoms with E-state index in [1.54, 1.807) is 6.07 Å². The van der Waals surface area contributed by atoms with Crippen molar-refractivity contribution in [3.63, 3.8) is 0 Å². The van der Waals surface area contributed by atoms with Gasteiger partial charge in [-0.05, 0) is 82.3 Å². The molecule has 6 heteroatoms. The van der Waals surface area contributed by atoms with Gasteiger partial charge in [0.15, 0.2) is 0 Å². The number of carbonyl (C=O) groups is 1. The van der Waals surface area contributed by atoms with Crippen molar-refractivity contribution in [3.05, 3.63) is 33.8 Å². The van der Waals surface area contributed by atoms with E-state index in [1.807, 2.05) is 24.1 Å². The summed E-state index contributed by atoms with van der Waals surface area (Å²) in [5, 5.41) is 4.85. The third-order valence-electron chi connectivity index (χ3n) is 7.13. The van der Waals surface area contributed by atoms with Crippen molar-refractivity contribution >= 4 is 29.1 Å². The highest BCUT2D eigenvalue weighted by Gasteiger charge is 2.46. The van der Waals surface area contributed by atoms with Crippen LogP contribution >= 0.6 is 23.2 Å². The predicted molar refractivity (Wildman–Crippen MR) is 115 cm³/mol. The average molecular weight is 424 g/mol. The van der Waals surface area contributed by atoms with Crippen LogP contribution in [0.2, 0.25) is 10.0 Å². The number of nitrogens with one attached hydrogen (secondary N) is 1. The number of hydrogen-bond acceptors (Lipinski definition) is 3. The molecule has 2 aliphatic heterocycles. The van der Waals surface area contributed by atoms with Crippen LogP contribution in [0.1, 0.15) is 50.5 Å². The highest BCUT2D eigenvalue weighted by atomic mass is 35.5. The molecule has 28 heavy (non-hydrogen) atoms. The van der Waals surface area contributed by atoms with Gasteiger partial charge in [0.05, 0.1) is 16.5 Å². The smallest absolute Gasteiger partial charge is 0.227 e. The second-order valence-electron chi connectivity index (χ2n) is 8.86. The Morgan fingerprint density at radius 1 is 1.21 bits per heavy atom. The molecule has 1 saturated carbocycles. The summed E-state index contributed by atoms with van der Waals surface area (Å²) in [6.45, 7) is 3.49. The molecule has 0 radical (unpaired) electrons. The highest BCUT2D eigenvalue weighted by molar-refractivity contribution is 6.42. The van der Waals surface area contributed by atoms with E-state index in [-0.39, 0.29) is 5.91 Å². The van der Waals surface area contributed by atoms with E-state index in [1.165, 1.54) is 51.6 Å². The Bertz CT molecular complexity index is 714. The maximum atomic E-state index is 13.1. The minimum absolute atomic E-state index is 0.169. The van der Waals surface area contributed by atoms with Crippen molar-refractivity contribution in [3.8, 4) is 0 Å². The lowest BCUT2D eigenvalue weighted by Gasteiger charge is -2.49. The first-order valence-electron chi connectivity index (χ1n) is 10.7. The number of amides is 1. The quantitative estimate of drug-likeness (QED) is 0.790. The minimum Gasteiger partial charge on any atom is -0.341 e. The second kappa shape index (κ2) is 8.51. The van der Waals surface area contributed by atoms with Gasteiger partial charge in [0.1, 0.15) is 0 Å². The predicted octanol–water partition coefficient (Wildman–Crippen LogP) is 4.13. The molecule has 3 fully saturated rings. The van der Waals surface area contributed by atoms with E-state index >= 15 is 0 Å². The number of nitrogens with zero attached hydrogens (tertiary/aromatic N) is 2. The van der Waals surface area contributed by atoms with Crippen LogP contribution in [0.25, 0.3) is 0 Å². The molecule has 1 aromatic carbocycles. The van der Waals surface area contributed by atoms with Crippen molar-refractivity contribution in [1.82, 2.24) is 15.1 Å². The minimum atomic E-state index is 0.169. The van der Waals surface area contributed by atoms with E-state index in [0.717, 1.165) is 18.5 Å². The van der Waals surface area contributed by atoms with Gasteiger partial charge in [-0.1, -0.05) is 29.3 Å². The Labute approximate surface area is 178 Å². The summed E-state index contributed by atoms with van der Waals surface area (Å²) < 4.78 is 0. The van der Waals surface area contributed by atoms with Crippen LogP contribution in [-0.4, -0.2) is 60.0 Å². The van der Waals surface area contributed by atoms with Crippen molar-refractivity contribution in [1.29, 1.82) is 0 Å². The molecule has 3 atom stereocenters. The van der Waals surface area contributed by atoms with Crippen LogP contribution in [-0.2, 0) is 11.2 Å². The Hall–Kier alpha value is -0.810. The third kappa shape index (κ3) is 4.21. The van der Waals surface area contributed by atoms with E-state index < -0.39 is 0 Å². The summed E-state index contributed by atoms with van der Waals surface area (Å²) in [4.78, 5) is 17.8. The van der Waals surface area contributed by atoms with Crippen molar-refractivity contribution < 1.29 is 4.79 Å². The standard InChI is InChI=1S/C22H31Cl2N3O/c1-26(21(28)14-16-5-6-17(23)18(24)13-16)19-7-9-22(8-4-10-25-22)15-20(19)27-11-2-3-12-27/h5-6,13,19-20,25H,2-4,7-12,14-15H2,1H3/t19-,20-,22-/m1/s1. The fourth-order valence-corrected chi connectivity index (χ4v) is 5.86. The van der Waals surface area contributed by atoms with E-state index in [4.69, 9.17) is 23.2 Å². The number of rotatable bonds is 4. The molecule has 1 N–H and O–H groups in total. The molecule has 0 bridgehead atoms. The van der Waals surface area contributed by atoms with Crippen LogP contribution < -0.4 is 5.32 Å². The highest BCUT2D eigenvalue weighted by Crippen LogP contribution is 2.39. The molecule has 2 saturated heterocycles. The fourth-order valence-electron chi connectivity index (χ4n) is 5.54. The molecule has 1 aromatic rings. The van der Waals surface area contributed by atoms with Gasteiger partial charge in [-0.3, -0.25) is 9.69 Å². The van der Waals surface area contributed by atoms with Gasteiger partial charge >= 0.3 is 0 Å². The lowest BCUT2D eigenvalue weighted by molar-refractivity contribution is -0.134. The molecule has 0 unspecified atom stereocenters. The number of halogens is 2. The maximum absolute atomic E-state index is 13.1. The van der Waals surface area contributed by atoms with Gasteiger partial charge < -0.3 is 10.2 Å². The zero-order chi connectivity index (χ0) is 19.7. The molecular weight excluding hydrogens is 393 g/mol. The molecule has 0 aromatic heterocycles. The van der Waals surface area contributed by atoms with Crippen LogP contribution in [0.5, 0.6) is 0 Å². The van der Waals surface area contributed by atoms with Crippen LogP contribution in [0.15, 0.2) is 18.2 Å². The first-order chi connectivity index (χ1) is 13.5. The molecular formula is C22H31Cl2N3O. The number of carbonyl (C=O) groups excluding carboxylic acids is 1. The zero-order valence-corrected chi connectivity index (χ0v) is 18.2. The first-order valence-corrected chi connectivity index (χ1v) is 11.4. The Kier molecular flexibility index (Phi) is 6.22. The van der Waals surface area contributed by atoms with Crippen molar-refractivity contribution in [2.45, 2.75) is 69.0 Å². The molecule has 4 rings (SSSR count). The zero-order valence-electron chi connectivity index (χ0n) is 16.7. The summed E-state index contributed by atoms with van der Waals surface area (Å²) in [6.07, 6.45) is 8.93. The summed E-state index contributed by atoms with van der Waals surface area (Å²) in [5.41, 5.74) is 1.23. The number of likely N-dealkylation sites (N-methyl/N-ethyl adjacent to an activating group) is 1. The Morgan fingerprint density at radius 2 is 2.00 bits per heavy atom. The maximum Gasteiger partial charge on any atom is 0.227 e. The molecule has 154 valence electrons. The van der Waals surface area contributed by atoms with Crippen molar-refractivity contribution in [2.75, 3.05) is 26.7 Å². The van der Waals surface area contributed by atoms with Crippen LogP contribution in [0.3, 0.4) is 0 Å². The number of hydrogen-bond donors (Lipinski definition) is 1. The first kappa shape index (κ1) is 20.5. The summed E-state index contributed by atoms with van der Waals surface area (Å²) >= 11 is 12.1. The number of likely N-dealkylation sites (tertiary alicyclic amines) is 1. The molecule has 4 nitrogen and oxygen atoms in total. The topological polar surface area (TPSA) is 35.6 Å². The average Bonchev–Trinajstić information content (AvgIpc) is 3.37. The van der Waals surface area contributed by atoms with E-state index in [2.05, 4.69) is 10.2 Å². The molecule has 1 spiro atoms. The molecule has 1 amide bonds. The second-order valence-corrected chi connectivity index (χ2v) is 9.68. The summed E-state index contributed by atoms with van der Waals surface area (Å²) in [7, 11) is 1.99. The molecule has 2 heterocycles. The monoisotopic (exact) mass is 423 g/mol. The fraction of sp³-hybridized carbons (Fsp3) is 0.682. The van der Waals surface area contributed by atoms with Crippen LogP contribution in [0.4, 0.5) is 0 Å². The lowest BCUT2D eigenvalue weighted by Crippen LogP contribution is -2.60. The molecule has 1 aliphatic carbocycles. The van der Waals surface area contributed by atoms with Gasteiger partial charge in [0, 0.05) is 24.7 Å². The van der Waals surface area contributed by atoms with Gasteiger partial charge in [0.2, 0.25) is 5.91 Å². The van der Waals surface area contributed by atoms with Gasteiger partial charge in [0.25, 0.3) is 0 Å². The van der Waals surface area contributed by atoms with E-state index in [9.17, 15) is 4.79 Å². The van der Waals surface area contributed by atoms with Crippen molar-refractivity contribution in [2.24, 2.45) is 0 Å². The summed E-state index contributed by atoms with van der Waals surface area (Å²) in [6, 6.07) is 6.24. The normalized spacial score (nSPS) is 30.8. The van der Waals surface area contributed by atoms with E-state index in [0.29, 0.717) is 34.1 Å². The SMILES string of the molecule is CN(C(=O)Cc1ccc(Cl)c(Cl)c1)[C@@H]1CC[C@]2(CCCN2)C[C@H]1N1CCCC1. The third-order valence-corrected chi connectivity index (χ3v) is 7.87. The number of benzene rings is 1. The summed E-state index contributed by atoms with van der Waals surface area (Å²) in [5.74, 6) is 0.169. The molecule has 3 aliphatic rings.